The van der Waals surface area contributed by atoms with E-state index in [1.807, 2.05) is 0 Å². The van der Waals surface area contributed by atoms with Crippen LogP contribution in [-0.4, -0.2) is 11.0 Å². The van der Waals surface area contributed by atoms with Crippen molar-refractivity contribution in [1.29, 1.82) is 0 Å². The van der Waals surface area contributed by atoms with E-state index in [0.29, 0.717) is 5.92 Å². The summed E-state index contributed by atoms with van der Waals surface area (Å²) in [5, 5.41) is 4.10. The molecule has 1 fully saturated rings. The van der Waals surface area contributed by atoms with Crippen molar-refractivity contribution in [2.24, 2.45) is 11.7 Å². The van der Waals surface area contributed by atoms with Gasteiger partial charge in [0.05, 0.1) is 0 Å². The van der Waals surface area contributed by atoms with Crippen LogP contribution in [0.3, 0.4) is 0 Å². The SMILES string of the molecule is CC1(C)C2=C(CCC(c3cccc4[nH]c5c(c34)=C3CCCCC3[C@H](N)C=5)=C2)N(c2ccccc2)c2ccccc21. The first kappa shape index (κ1) is 24.0. The molecule has 3 N–H and O–H groups in total. The van der Waals surface area contributed by atoms with Crippen LogP contribution >= 0.6 is 0 Å². The average molecular weight is 524 g/mol. The molecule has 200 valence electrons. The van der Waals surface area contributed by atoms with Crippen LogP contribution in [0.2, 0.25) is 0 Å². The summed E-state index contributed by atoms with van der Waals surface area (Å²) in [4.78, 5) is 6.28. The van der Waals surface area contributed by atoms with Gasteiger partial charge >= 0.3 is 0 Å². The largest absolute Gasteiger partial charge is 0.355 e. The minimum absolute atomic E-state index is 0.0852. The predicted octanol–water partition coefficient (Wildman–Crippen LogP) is 7.19. The predicted molar refractivity (Wildman–Crippen MR) is 168 cm³/mol. The summed E-state index contributed by atoms with van der Waals surface area (Å²) in [5.74, 6) is 0.483. The fraction of sp³-hybridized carbons (Fsp3) is 0.297. The summed E-state index contributed by atoms with van der Waals surface area (Å²) in [7, 11) is 0. The smallest absolute Gasteiger partial charge is 0.0499 e. The highest BCUT2D eigenvalue weighted by atomic mass is 15.2. The Balaban J connectivity index is 1.37. The van der Waals surface area contributed by atoms with E-state index in [1.54, 1.807) is 5.57 Å². The Morgan fingerprint density at radius 2 is 1.70 bits per heavy atom. The number of H-pyrrole nitrogens is 1. The van der Waals surface area contributed by atoms with Crippen LogP contribution in [0.4, 0.5) is 11.4 Å². The van der Waals surface area contributed by atoms with Crippen LogP contribution in [0.5, 0.6) is 0 Å². The van der Waals surface area contributed by atoms with Crippen LogP contribution in [0.15, 0.2) is 90.1 Å². The zero-order valence-electron chi connectivity index (χ0n) is 23.5. The van der Waals surface area contributed by atoms with Crippen molar-refractivity contribution >= 4 is 39.5 Å². The van der Waals surface area contributed by atoms with Gasteiger partial charge in [-0.3, -0.25) is 0 Å². The number of nitrogens with one attached hydrogen (secondary N) is 1. The molecular weight excluding hydrogens is 486 g/mol. The van der Waals surface area contributed by atoms with E-state index in [9.17, 15) is 0 Å². The Morgan fingerprint density at radius 1 is 0.875 bits per heavy atom. The number of anilines is 2. The summed E-state index contributed by atoms with van der Waals surface area (Å²) in [5.41, 5.74) is 19.1. The van der Waals surface area contributed by atoms with Crippen molar-refractivity contribution in [2.45, 2.75) is 63.8 Å². The van der Waals surface area contributed by atoms with Crippen LogP contribution < -0.4 is 21.2 Å². The Labute approximate surface area is 236 Å². The van der Waals surface area contributed by atoms with E-state index in [2.05, 4.69) is 109 Å². The molecule has 0 saturated heterocycles. The summed E-state index contributed by atoms with van der Waals surface area (Å²) in [6.07, 6.45) is 11.8. The van der Waals surface area contributed by atoms with Gasteiger partial charge < -0.3 is 15.6 Å². The lowest BCUT2D eigenvalue weighted by molar-refractivity contribution is 0.471. The van der Waals surface area contributed by atoms with Crippen LogP contribution in [0.25, 0.3) is 28.1 Å². The molecule has 0 radical (unpaired) electrons. The van der Waals surface area contributed by atoms with Crippen LogP contribution in [-0.2, 0) is 5.41 Å². The highest BCUT2D eigenvalue weighted by Crippen LogP contribution is 2.52. The number of hydrogen-bond acceptors (Lipinski definition) is 2. The van der Waals surface area contributed by atoms with Crippen LogP contribution in [0.1, 0.15) is 63.5 Å². The second-order valence-corrected chi connectivity index (χ2v) is 12.6. The number of nitrogens with zero attached hydrogens (tertiary/aromatic N) is 1. The molecule has 2 atom stereocenters. The van der Waals surface area contributed by atoms with Gasteiger partial charge in [-0.1, -0.05) is 80.4 Å². The number of allylic oxidation sites excluding steroid dienone is 4. The highest BCUT2D eigenvalue weighted by molar-refractivity contribution is 5.96. The van der Waals surface area contributed by atoms with Gasteiger partial charge in [-0.15, -0.1) is 0 Å². The lowest BCUT2D eigenvalue weighted by Crippen LogP contribution is -2.43. The summed E-state index contributed by atoms with van der Waals surface area (Å²) < 4.78 is 0. The molecule has 1 aliphatic heterocycles. The molecule has 4 aromatic rings. The minimum Gasteiger partial charge on any atom is -0.355 e. The van der Waals surface area contributed by atoms with Crippen molar-refractivity contribution < 1.29 is 0 Å². The molecule has 0 spiro atoms. The van der Waals surface area contributed by atoms with E-state index < -0.39 is 0 Å². The third kappa shape index (κ3) is 3.40. The number of aromatic amines is 1. The summed E-state index contributed by atoms with van der Waals surface area (Å²) in [6.45, 7) is 4.81. The average Bonchev–Trinajstić information content (AvgIpc) is 3.36. The van der Waals surface area contributed by atoms with E-state index >= 15 is 0 Å². The van der Waals surface area contributed by atoms with Gasteiger partial charge in [0, 0.05) is 50.0 Å². The Bertz CT molecular complexity index is 1850. The molecule has 8 rings (SSSR count). The van der Waals surface area contributed by atoms with Gasteiger partial charge in [-0.05, 0) is 90.6 Å². The maximum atomic E-state index is 6.69. The second-order valence-electron chi connectivity index (χ2n) is 12.6. The van der Waals surface area contributed by atoms with E-state index in [-0.39, 0.29) is 11.5 Å². The topological polar surface area (TPSA) is 45.1 Å². The van der Waals surface area contributed by atoms with Gasteiger partial charge in [-0.2, -0.15) is 0 Å². The van der Waals surface area contributed by atoms with Gasteiger partial charge in [0.15, 0.2) is 0 Å². The summed E-state index contributed by atoms with van der Waals surface area (Å²) in [6, 6.07) is 26.8. The molecule has 3 nitrogen and oxygen atoms in total. The standard InChI is InChI=1S/C37H37N3/c1-37(2)28-16-8-9-18-33(28)40(24-11-4-3-5-12-24)34-20-19-23(21-29(34)37)25-15-10-17-31-35(25)36-27-14-7-6-13-26(27)30(38)22-32(36)39-31/h3-5,8-12,15-18,21-22,26,30,39H,6-7,13-14,19-20,38H2,1-2H3/t26?,30-/m1/s1. The molecule has 1 saturated carbocycles. The third-order valence-corrected chi connectivity index (χ3v) is 10.0. The first-order valence-corrected chi connectivity index (χ1v) is 15.0. The van der Waals surface area contributed by atoms with E-state index in [1.165, 1.54) is 86.5 Å². The first-order valence-electron chi connectivity index (χ1n) is 15.0. The molecule has 4 aliphatic rings. The zero-order valence-corrected chi connectivity index (χ0v) is 23.5. The van der Waals surface area contributed by atoms with Crippen molar-refractivity contribution in [1.82, 2.24) is 4.98 Å². The molecule has 1 unspecified atom stereocenters. The Hall–Kier alpha value is -3.82. The molecule has 1 aromatic heterocycles. The van der Waals surface area contributed by atoms with Crippen LogP contribution in [0, 0.1) is 5.92 Å². The number of aromatic nitrogens is 1. The number of benzene rings is 3. The fourth-order valence-corrected chi connectivity index (χ4v) is 8.14. The number of nitrogens with two attached hydrogens (primary N) is 1. The van der Waals surface area contributed by atoms with Gasteiger partial charge in [0.1, 0.15) is 0 Å². The number of para-hydroxylation sites is 2. The molecule has 40 heavy (non-hydrogen) atoms. The monoisotopic (exact) mass is 523 g/mol. The lowest BCUT2D eigenvalue weighted by atomic mass is 9.69. The summed E-state index contributed by atoms with van der Waals surface area (Å²) >= 11 is 0. The second kappa shape index (κ2) is 8.84. The minimum atomic E-state index is -0.0852. The van der Waals surface area contributed by atoms with Crippen molar-refractivity contribution in [3.05, 3.63) is 112 Å². The number of fused-ring (bicyclic) bond motifs is 5. The maximum Gasteiger partial charge on any atom is 0.0499 e. The Morgan fingerprint density at radius 3 is 2.58 bits per heavy atom. The number of hydrogen-bond donors (Lipinski definition) is 2. The van der Waals surface area contributed by atoms with E-state index in [0.717, 1.165) is 12.8 Å². The van der Waals surface area contributed by atoms with Crippen molar-refractivity contribution in [3.8, 4) is 0 Å². The lowest BCUT2D eigenvalue weighted by Gasteiger charge is -2.45. The molecule has 3 aliphatic carbocycles. The zero-order chi connectivity index (χ0) is 27.0. The molecule has 2 heterocycles. The fourth-order valence-electron chi connectivity index (χ4n) is 8.14. The maximum absolute atomic E-state index is 6.69. The van der Waals surface area contributed by atoms with Gasteiger partial charge in [-0.25, -0.2) is 0 Å². The molecule has 3 aromatic carbocycles. The quantitative estimate of drug-likeness (QED) is 0.292. The third-order valence-electron chi connectivity index (χ3n) is 10.0. The Kier molecular flexibility index (Phi) is 5.31. The number of rotatable bonds is 2. The molecule has 0 bridgehead atoms. The first-order chi connectivity index (χ1) is 19.5. The van der Waals surface area contributed by atoms with Gasteiger partial charge in [0.25, 0.3) is 0 Å². The normalized spacial score (nSPS) is 23.1. The molecule has 3 heteroatoms. The van der Waals surface area contributed by atoms with E-state index in [4.69, 9.17) is 5.73 Å². The highest BCUT2D eigenvalue weighted by Gasteiger charge is 2.39. The van der Waals surface area contributed by atoms with Crippen molar-refractivity contribution in [3.63, 3.8) is 0 Å². The van der Waals surface area contributed by atoms with Crippen molar-refractivity contribution in [2.75, 3.05) is 4.90 Å². The van der Waals surface area contributed by atoms with Gasteiger partial charge in [0.2, 0.25) is 0 Å². The molecule has 0 amide bonds. The molecular formula is C37H37N3.